The molecular weight excluding hydrogens is 366 g/mol. The molecular formula is C23H25N3O3. The number of carbonyl (C=O) groups is 2. The minimum absolute atomic E-state index is 0.0344. The summed E-state index contributed by atoms with van der Waals surface area (Å²) in [5.74, 6) is 0.263. The second kappa shape index (κ2) is 8.82. The maximum Gasteiger partial charge on any atom is 0.258 e. The molecule has 0 aliphatic rings. The fourth-order valence-electron chi connectivity index (χ4n) is 3.32. The van der Waals surface area contributed by atoms with Crippen LogP contribution in [-0.2, 0) is 11.3 Å². The molecule has 1 amide bonds. The van der Waals surface area contributed by atoms with Gasteiger partial charge in [0.1, 0.15) is 5.82 Å². The number of carbonyl (C=O) groups excluding carboxylic acids is 2. The Kier molecular flexibility index (Phi) is 6.22. The number of hydrogen-bond acceptors (Lipinski definition) is 4. The summed E-state index contributed by atoms with van der Waals surface area (Å²) in [5.41, 5.74) is 2.98. The second-order valence-electron chi connectivity index (χ2n) is 7.18. The average molecular weight is 391 g/mol. The van der Waals surface area contributed by atoms with Gasteiger partial charge in [-0.3, -0.25) is 14.4 Å². The van der Waals surface area contributed by atoms with Crippen LogP contribution in [-0.4, -0.2) is 33.1 Å². The van der Waals surface area contributed by atoms with Gasteiger partial charge in [0, 0.05) is 24.9 Å². The number of fused-ring (bicyclic) bond motifs is 1. The maximum atomic E-state index is 12.7. The molecule has 1 N–H and O–H groups in total. The molecule has 0 fully saturated rings. The van der Waals surface area contributed by atoms with E-state index >= 15 is 0 Å². The monoisotopic (exact) mass is 391 g/mol. The quantitative estimate of drug-likeness (QED) is 0.624. The molecule has 3 aromatic rings. The smallest absolute Gasteiger partial charge is 0.258 e. The number of nitrogens with zero attached hydrogens (tertiary/aromatic N) is 2. The van der Waals surface area contributed by atoms with Gasteiger partial charge in [-0.1, -0.05) is 29.8 Å². The van der Waals surface area contributed by atoms with Gasteiger partial charge in [0.05, 0.1) is 17.4 Å². The number of aromatic amines is 1. The van der Waals surface area contributed by atoms with Gasteiger partial charge < -0.3 is 9.88 Å². The molecule has 0 saturated carbocycles. The number of Topliss-reactive ketones (excluding diaryl/α,β-unsaturated/α-hetero) is 1. The molecule has 0 atom stereocenters. The first-order valence-electron chi connectivity index (χ1n) is 9.75. The Morgan fingerprint density at radius 1 is 1.07 bits per heavy atom. The lowest BCUT2D eigenvalue weighted by Crippen LogP contribution is -2.32. The fraction of sp³-hybridized carbons (Fsp3) is 0.304. The Morgan fingerprint density at radius 3 is 2.59 bits per heavy atom. The largest absolute Gasteiger partial charge is 0.335 e. The lowest BCUT2D eigenvalue weighted by Gasteiger charge is -2.20. The molecule has 6 nitrogen and oxygen atoms in total. The van der Waals surface area contributed by atoms with E-state index < -0.39 is 0 Å². The number of H-pyrrole nitrogens is 1. The summed E-state index contributed by atoms with van der Waals surface area (Å²) in [4.78, 5) is 46.2. The van der Waals surface area contributed by atoms with Crippen molar-refractivity contribution >= 4 is 22.6 Å². The van der Waals surface area contributed by atoms with E-state index in [0.29, 0.717) is 28.8 Å². The molecule has 29 heavy (non-hydrogen) atoms. The van der Waals surface area contributed by atoms with Crippen molar-refractivity contribution < 1.29 is 9.59 Å². The van der Waals surface area contributed by atoms with Crippen molar-refractivity contribution in [3.63, 3.8) is 0 Å². The minimum atomic E-state index is -0.223. The summed E-state index contributed by atoms with van der Waals surface area (Å²) in [6.45, 7) is 6.37. The Hall–Kier alpha value is -3.28. The van der Waals surface area contributed by atoms with Gasteiger partial charge in [0.25, 0.3) is 5.56 Å². The van der Waals surface area contributed by atoms with Crippen molar-refractivity contribution in [2.75, 3.05) is 6.54 Å². The van der Waals surface area contributed by atoms with E-state index in [4.69, 9.17) is 0 Å². The van der Waals surface area contributed by atoms with Crippen LogP contribution in [0.2, 0.25) is 0 Å². The zero-order chi connectivity index (χ0) is 21.0. The van der Waals surface area contributed by atoms with Crippen LogP contribution in [0.3, 0.4) is 0 Å². The first-order chi connectivity index (χ1) is 13.9. The van der Waals surface area contributed by atoms with E-state index in [9.17, 15) is 14.4 Å². The van der Waals surface area contributed by atoms with Crippen molar-refractivity contribution in [3.8, 4) is 0 Å². The number of aromatic nitrogens is 2. The fourth-order valence-corrected chi connectivity index (χ4v) is 3.32. The SMILES string of the molecule is CCN(Cc1nc2ccccc2c(=O)[nH]1)C(=O)CCC(=O)c1cc(C)ccc1C. The van der Waals surface area contributed by atoms with E-state index in [1.165, 1.54) is 0 Å². The highest BCUT2D eigenvalue weighted by Gasteiger charge is 2.17. The standard InChI is InChI=1S/C23H25N3O3/c1-4-26(14-21-24-19-8-6-5-7-17(19)23(29)25-21)22(28)12-11-20(27)18-13-15(2)9-10-16(18)3/h5-10,13H,4,11-12,14H2,1-3H3,(H,24,25,29). The van der Waals surface area contributed by atoms with Crippen molar-refractivity contribution in [1.29, 1.82) is 0 Å². The molecule has 6 heteroatoms. The molecule has 150 valence electrons. The van der Waals surface area contributed by atoms with E-state index in [1.54, 1.807) is 23.1 Å². The molecule has 0 bridgehead atoms. The Labute approximate surface area is 169 Å². The topological polar surface area (TPSA) is 83.1 Å². The van der Waals surface area contributed by atoms with E-state index in [0.717, 1.165) is 11.1 Å². The molecule has 1 aromatic heterocycles. The number of hydrogen-bond donors (Lipinski definition) is 1. The molecule has 1 heterocycles. The third kappa shape index (κ3) is 4.77. The van der Waals surface area contributed by atoms with Crippen LogP contribution in [0.4, 0.5) is 0 Å². The molecule has 0 unspecified atom stereocenters. The van der Waals surface area contributed by atoms with Gasteiger partial charge in [0.2, 0.25) is 5.91 Å². The third-order valence-corrected chi connectivity index (χ3v) is 5.00. The van der Waals surface area contributed by atoms with Gasteiger partial charge in [-0.15, -0.1) is 0 Å². The van der Waals surface area contributed by atoms with Crippen LogP contribution in [0.5, 0.6) is 0 Å². The van der Waals surface area contributed by atoms with Crippen molar-refractivity contribution in [2.45, 2.75) is 40.2 Å². The number of nitrogens with one attached hydrogen (secondary N) is 1. The molecule has 0 aliphatic heterocycles. The molecule has 0 aliphatic carbocycles. The van der Waals surface area contributed by atoms with Crippen LogP contribution in [0, 0.1) is 13.8 Å². The van der Waals surface area contributed by atoms with Crippen molar-refractivity contribution in [1.82, 2.24) is 14.9 Å². The molecule has 3 rings (SSSR count). The molecule has 0 spiro atoms. The zero-order valence-corrected chi connectivity index (χ0v) is 17.0. The Balaban J connectivity index is 1.68. The molecule has 0 radical (unpaired) electrons. The third-order valence-electron chi connectivity index (χ3n) is 5.00. The lowest BCUT2D eigenvalue weighted by molar-refractivity contribution is -0.131. The van der Waals surface area contributed by atoms with Crippen molar-refractivity contribution in [3.05, 3.63) is 75.3 Å². The van der Waals surface area contributed by atoms with Gasteiger partial charge in [0.15, 0.2) is 5.78 Å². The summed E-state index contributed by atoms with van der Waals surface area (Å²) in [7, 11) is 0. The number of rotatable bonds is 7. The number of aryl methyl sites for hydroxylation is 2. The maximum absolute atomic E-state index is 12.7. The Bertz CT molecular complexity index is 1120. The zero-order valence-electron chi connectivity index (χ0n) is 17.0. The van der Waals surface area contributed by atoms with Gasteiger partial charge in [-0.2, -0.15) is 0 Å². The first-order valence-corrected chi connectivity index (χ1v) is 9.75. The number of para-hydroxylation sites is 1. The highest BCUT2D eigenvalue weighted by molar-refractivity contribution is 5.99. The van der Waals surface area contributed by atoms with Crippen molar-refractivity contribution in [2.24, 2.45) is 0 Å². The van der Waals surface area contributed by atoms with Crippen LogP contribution < -0.4 is 5.56 Å². The van der Waals surface area contributed by atoms with E-state index in [2.05, 4.69) is 9.97 Å². The summed E-state index contributed by atoms with van der Waals surface area (Å²) in [6.07, 6.45) is 0.277. The lowest BCUT2D eigenvalue weighted by atomic mass is 9.99. The number of amides is 1. The highest BCUT2D eigenvalue weighted by Crippen LogP contribution is 2.15. The predicted molar refractivity (Wildman–Crippen MR) is 113 cm³/mol. The van der Waals surface area contributed by atoms with E-state index in [1.807, 2.05) is 45.0 Å². The second-order valence-corrected chi connectivity index (χ2v) is 7.18. The van der Waals surface area contributed by atoms with Crippen LogP contribution in [0.25, 0.3) is 10.9 Å². The summed E-state index contributed by atoms with van der Waals surface area (Å²) in [5, 5.41) is 0.518. The molecule has 0 saturated heterocycles. The number of ketones is 1. The van der Waals surface area contributed by atoms with Gasteiger partial charge >= 0.3 is 0 Å². The molecule has 2 aromatic carbocycles. The van der Waals surface area contributed by atoms with Crippen LogP contribution in [0.1, 0.15) is 47.1 Å². The summed E-state index contributed by atoms with van der Waals surface area (Å²) >= 11 is 0. The minimum Gasteiger partial charge on any atom is -0.335 e. The van der Waals surface area contributed by atoms with E-state index in [-0.39, 0.29) is 36.6 Å². The normalized spacial score (nSPS) is 10.9. The number of benzene rings is 2. The predicted octanol–water partition coefficient (Wildman–Crippen LogP) is 3.55. The average Bonchev–Trinajstić information content (AvgIpc) is 2.71. The van der Waals surface area contributed by atoms with Gasteiger partial charge in [-0.25, -0.2) is 4.98 Å². The van der Waals surface area contributed by atoms with Crippen LogP contribution >= 0.6 is 0 Å². The summed E-state index contributed by atoms with van der Waals surface area (Å²) in [6, 6.07) is 12.8. The van der Waals surface area contributed by atoms with Crippen LogP contribution in [0.15, 0.2) is 47.3 Å². The Morgan fingerprint density at radius 2 is 1.83 bits per heavy atom. The highest BCUT2D eigenvalue weighted by atomic mass is 16.2. The van der Waals surface area contributed by atoms with Gasteiger partial charge in [-0.05, 0) is 44.5 Å². The first kappa shape index (κ1) is 20.5. The summed E-state index contributed by atoms with van der Waals surface area (Å²) < 4.78 is 0.